The van der Waals surface area contributed by atoms with Gasteiger partial charge in [0.2, 0.25) is 0 Å². The van der Waals surface area contributed by atoms with Gasteiger partial charge in [-0.25, -0.2) is 9.59 Å². The Morgan fingerprint density at radius 3 is 2.83 bits per heavy atom. The van der Waals surface area contributed by atoms with Gasteiger partial charge in [-0.2, -0.15) is 0 Å². The molecule has 0 saturated heterocycles. The van der Waals surface area contributed by atoms with E-state index in [1.807, 2.05) is 30.3 Å². The second kappa shape index (κ2) is 6.31. The molecule has 2 aromatic rings. The summed E-state index contributed by atoms with van der Waals surface area (Å²) < 4.78 is 5.21. The molecule has 124 valence electrons. The van der Waals surface area contributed by atoms with Crippen molar-refractivity contribution in [3.05, 3.63) is 53.4 Å². The molecular formula is C18H19N3O3. The van der Waals surface area contributed by atoms with Crippen LogP contribution in [0.1, 0.15) is 25.5 Å². The van der Waals surface area contributed by atoms with Gasteiger partial charge in [-0.3, -0.25) is 4.98 Å². The topological polar surface area (TPSA) is 71.5 Å². The van der Waals surface area contributed by atoms with Gasteiger partial charge in [0.05, 0.1) is 23.7 Å². The zero-order valence-corrected chi connectivity index (χ0v) is 13.9. The first kappa shape index (κ1) is 16.0. The molecular weight excluding hydrogens is 306 g/mol. The molecule has 24 heavy (non-hydrogen) atoms. The molecule has 1 aromatic heterocycles. The number of fused-ring (bicyclic) bond motifs is 1. The summed E-state index contributed by atoms with van der Waals surface area (Å²) in [6.07, 6.45) is 1.68. The summed E-state index contributed by atoms with van der Waals surface area (Å²) in [5.74, 6) is -0.423. The number of hydrogen-bond donors (Lipinski definition) is 1. The van der Waals surface area contributed by atoms with Crippen molar-refractivity contribution in [1.29, 1.82) is 0 Å². The highest BCUT2D eigenvalue weighted by Gasteiger charge is 2.35. The Bertz CT molecular complexity index is 839. The molecule has 1 aliphatic heterocycles. The monoisotopic (exact) mass is 325 g/mol. The maximum atomic E-state index is 12.5. The molecule has 6 nitrogen and oxygen atoms in total. The van der Waals surface area contributed by atoms with Crippen LogP contribution in [0.25, 0.3) is 10.9 Å². The van der Waals surface area contributed by atoms with E-state index in [1.54, 1.807) is 27.1 Å². The molecule has 0 saturated carbocycles. The van der Waals surface area contributed by atoms with Gasteiger partial charge in [0.25, 0.3) is 0 Å². The van der Waals surface area contributed by atoms with Crippen LogP contribution < -0.4 is 5.32 Å². The van der Waals surface area contributed by atoms with E-state index in [4.69, 9.17) is 4.74 Å². The number of benzene rings is 1. The standard InChI is InChI=1S/C18H19N3O3/c1-4-24-17(22)15-11(2)21(3)18(23)20-16(15)13-9-10-19-14-8-6-5-7-12(13)14/h5-10,16H,4H2,1-3H3,(H,20,23). The van der Waals surface area contributed by atoms with Crippen LogP contribution >= 0.6 is 0 Å². The molecule has 1 atom stereocenters. The molecule has 3 rings (SSSR count). The third-order valence-corrected chi connectivity index (χ3v) is 4.24. The van der Waals surface area contributed by atoms with Gasteiger partial charge in [-0.05, 0) is 31.5 Å². The van der Waals surface area contributed by atoms with E-state index in [2.05, 4.69) is 10.3 Å². The lowest BCUT2D eigenvalue weighted by atomic mass is 9.93. The fourth-order valence-electron chi connectivity index (χ4n) is 2.91. The zero-order valence-electron chi connectivity index (χ0n) is 13.9. The number of ether oxygens (including phenoxy) is 1. The predicted molar refractivity (Wildman–Crippen MR) is 90.1 cm³/mol. The van der Waals surface area contributed by atoms with Gasteiger partial charge in [-0.15, -0.1) is 0 Å². The minimum absolute atomic E-state index is 0.258. The number of nitrogens with one attached hydrogen (secondary N) is 1. The Balaban J connectivity index is 2.19. The number of urea groups is 1. The van der Waals surface area contributed by atoms with Gasteiger partial charge < -0.3 is 15.0 Å². The molecule has 1 N–H and O–H groups in total. The van der Waals surface area contributed by atoms with Gasteiger partial charge >= 0.3 is 12.0 Å². The van der Waals surface area contributed by atoms with E-state index in [1.165, 1.54) is 4.90 Å². The molecule has 0 bridgehead atoms. The Labute approximate surface area is 140 Å². The van der Waals surface area contributed by atoms with E-state index in [0.29, 0.717) is 11.3 Å². The maximum absolute atomic E-state index is 12.5. The van der Waals surface area contributed by atoms with Crippen LogP contribution in [0.4, 0.5) is 4.79 Å². The van der Waals surface area contributed by atoms with Crippen molar-refractivity contribution in [2.45, 2.75) is 19.9 Å². The fraction of sp³-hybridized carbons (Fsp3) is 0.278. The number of carbonyl (C=O) groups is 2. The van der Waals surface area contributed by atoms with E-state index < -0.39 is 12.0 Å². The summed E-state index contributed by atoms with van der Waals surface area (Å²) in [5, 5.41) is 3.79. The molecule has 1 aliphatic rings. The van der Waals surface area contributed by atoms with E-state index in [9.17, 15) is 9.59 Å². The van der Waals surface area contributed by atoms with Gasteiger partial charge in [0.15, 0.2) is 0 Å². The summed E-state index contributed by atoms with van der Waals surface area (Å²) >= 11 is 0. The highest BCUT2D eigenvalue weighted by Crippen LogP contribution is 2.33. The Kier molecular flexibility index (Phi) is 4.20. The van der Waals surface area contributed by atoms with Crippen molar-refractivity contribution in [1.82, 2.24) is 15.2 Å². The molecule has 0 aliphatic carbocycles. The third-order valence-electron chi connectivity index (χ3n) is 4.24. The first-order valence-corrected chi connectivity index (χ1v) is 7.80. The number of pyridine rings is 1. The number of aromatic nitrogens is 1. The second-order valence-corrected chi connectivity index (χ2v) is 5.58. The van der Waals surface area contributed by atoms with Crippen molar-refractivity contribution in [3.8, 4) is 0 Å². The van der Waals surface area contributed by atoms with Crippen molar-refractivity contribution < 1.29 is 14.3 Å². The molecule has 0 radical (unpaired) electrons. The number of nitrogens with zero attached hydrogens (tertiary/aromatic N) is 2. The van der Waals surface area contributed by atoms with Gasteiger partial charge in [0, 0.05) is 24.3 Å². The van der Waals surface area contributed by atoms with E-state index in [-0.39, 0.29) is 12.6 Å². The lowest BCUT2D eigenvalue weighted by Crippen LogP contribution is -2.46. The normalized spacial score (nSPS) is 17.9. The van der Waals surface area contributed by atoms with E-state index >= 15 is 0 Å². The smallest absolute Gasteiger partial charge is 0.338 e. The summed E-state index contributed by atoms with van der Waals surface area (Å²) in [4.78, 5) is 30.5. The molecule has 0 fully saturated rings. The number of hydrogen-bond acceptors (Lipinski definition) is 4. The lowest BCUT2D eigenvalue weighted by Gasteiger charge is -2.33. The summed E-state index contributed by atoms with van der Waals surface area (Å²) in [6, 6.07) is 8.64. The third kappa shape index (κ3) is 2.60. The Hall–Kier alpha value is -2.89. The van der Waals surface area contributed by atoms with Crippen LogP contribution in [0.3, 0.4) is 0 Å². The summed E-state index contributed by atoms with van der Waals surface area (Å²) in [7, 11) is 1.63. The SMILES string of the molecule is CCOC(=O)C1=C(C)N(C)C(=O)NC1c1ccnc2ccccc12. The quantitative estimate of drug-likeness (QED) is 0.881. The number of rotatable bonds is 3. The highest BCUT2D eigenvalue weighted by molar-refractivity contribution is 5.96. The van der Waals surface area contributed by atoms with Crippen molar-refractivity contribution in [3.63, 3.8) is 0 Å². The second-order valence-electron chi connectivity index (χ2n) is 5.58. The molecule has 2 heterocycles. The first-order chi connectivity index (χ1) is 11.5. The number of esters is 1. The lowest BCUT2D eigenvalue weighted by molar-refractivity contribution is -0.139. The van der Waals surface area contributed by atoms with Crippen LogP contribution in [0.15, 0.2) is 47.8 Å². The van der Waals surface area contributed by atoms with Crippen molar-refractivity contribution >= 4 is 22.9 Å². The van der Waals surface area contributed by atoms with Crippen molar-refractivity contribution in [2.24, 2.45) is 0 Å². The number of amides is 2. The number of para-hydroxylation sites is 1. The highest BCUT2D eigenvalue weighted by atomic mass is 16.5. The first-order valence-electron chi connectivity index (χ1n) is 7.80. The molecule has 1 aromatic carbocycles. The van der Waals surface area contributed by atoms with Crippen LogP contribution in [0.2, 0.25) is 0 Å². The number of allylic oxidation sites excluding steroid dienone is 1. The Morgan fingerprint density at radius 1 is 1.33 bits per heavy atom. The van der Waals surface area contributed by atoms with Crippen LogP contribution in [0, 0.1) is 0 Å². The van der Waals surface area contributed by atoms with Gasteiger partial charge in [0.1, 0.15) is 0 Å². The maximum Gasteiger partial charge on any atom is 0.338 e. The van der Waals surface area contributed by atoms with Crippen molar-refractivity contribution in [2.75, 3.05) is 13.7 Å². The summed E-state index contributed by atoms with van der Waals surface area (Å²) in [6.45, 7) is 3.79. The summed E-state index contributed by atoms with van der Waals surface area (Å²) in [5.41, 5.74) is 2.66. The molecule has 6 heteroatoms. The average Bonchev–Trinajstić information content (AvgIpc) is 2.59. The zero-order chi connectivity index (χ0) is 17.3. The minimum Gasteiger partial charge on any atom is -0.463 e. The fourth-order valence-corrected chi connectivity index (χ4v) is 2.91. The van der Waals surface area contributed by atoms with Gasteiger partial charge in [-0.1, -0.05) is 18.2 Å². The molecule has 0 spiro atoms. The van der Waals surface area contributed by atoms with Crippen LogP contribution in [0.5, 0.6) is 0 Å². The van der Waals surface area contributed by atoms with Crippen LogP contribution in [-0.4, -0.2) is 35.5 Å². The minimum atomic E-state index is -0.569. The number of carbonyl (C=O) groups excluding carboxylic acids is 2. The predicted octanol–water partition coefficient (Wildman–Crippen LogP) is 2.77. The largest absolute Gasteiger partial charge is 0.463 e. The Morgan fingerprint density at radius 2 is 2.08 bits per heavy atom. The van der Waals surface area contributed by atoms with E-state index in [0.717, 1.165) is 16.5 Å². The molecule has 1 unspecified atom stereocenters. The van der Waals surface area contributed by atoms with Crippen LogP contribution in [-0.2, 0) is 9.53 Å². The molecule has 2 amide bonds. The average molecular weight is 325 g/mol.